The van der Waals surface area contributed by atoms with Crippen LogP contribution >= 0.6 is 27.5 Å². The number of aromatic hydroxyl groups is 1. The zero-order valence-electron chi connectivity index (χ0n) is 9.96. The van der Waals surface area contributed by atoms with Gasteiger partial charge in [0, 0.05) is 18.7 Å². The number of hydrogen-bond acceptors (Lipinski definition) is 2. The molecule has 19 heavy (non-hydrogen) atoms. The van der Waals surface area contributed by atoms with Gasteiger partial charge >= 0.3 is 0 Å². The summed E-state index contributed by atoms with van der Waals surface area (Å²) in [4.78, 5) is 0. The van der Waals surface area contributed by atoms with Gasteiger partial charge in [0.25, 0.3) is 0 Å². The van der Waals surface area contributed by atoms with Crippen LogP contribution in [0.2, 0.25) is 5.02 Å². The number of halogens is 3. The van der Waals surface area contributed by atoms with Crippen LogP contribution in [0.5, 0.6) is 5.75 Å². The van der Waals surface area contributed by atoms with Crippen molar-refractivity contribution >= 4 is 27.5 Å². The molecule has 0 saturated heterocycles. The van der Waals surface area contributed by atoms with Gasteiger partial charge in [-0.2, -0.15) is 0 Å². The summed E-state index contributed by atoms with van der Waals surface area (Å²) in [5, 5.41) is 13.1. The SMILES string of the molecule is Oc1c(Br)cccc1CNCc1ccc(F)c(Cl)c1. The molecule has 0 aromatic heterocycles. The van der Waals surface area contributed by atoms with Gasteiger partial charge in [0.05, 0.1) is 9.50 Å². The van der Waals surface area contributed by atoms with Gasteiger partial charge in [-0.05, 0) is 39.7 Å². The zero-order chi connectivity index (χ0) is 13.8. The second-order valence-corrected chi connectivity index (χ2v) is 5.36. The van der Waals surface area contributed by atoms with E-state index in [1.807, 2.05) is 12.1 Å². The van der Waals surface area contributed by atoms with E-state index in [4.69, 9.17) is 11.6 Å². The average Bonchev–Trinajstić information content (AvgIpc) is 2.39. The van der Waals surface area contributed by atoms with Crippen molar-refractivity contribution in [1.82, 2.24) is 5.32 Å². The van der Waals surface area contributed by atoms with Crippen LogP contribution in [-0.2, 0) is 13.1 Å². The van der Waals surface area contributed by atoms with Crippen LogP contribution in [0.4, 0.5) is 4.39 Å². The lowest BCUT2D eigenvalue weighted by atomic mass is 10.2. The number of rotatable bonds is 4. The summed E-state index contributed by atoms with van der Waals surface area (Å²) < 4.78 is 13.7. The molecule has 0 saturated carbocycles. The van der Waals surface area contributed by atoms with Crippen LogP contribution in [0.15, 0.2) is 40.9 Å². The summed E-state index contributed by atoms with van der Waals surface area (Å²) in [7, 11) is 0. The molecule has 0 heterocycles. The molecule has 2 rings (SSSR count). The van der Waals surface area contributed by atoms with Crippen molar-refractivity contribution in [1.29, 1.82) is 0 Å². The smallest absolute Gasteiger partial charge is 0.141 e. The van der Waals surface area contributed by atoms with Gasteiger partial charge in [0.15, 0.2) is 0 Å². The molecule has 0 fully saturated rings. The number of para-hydroxylation sites is 1. The van der Waals surface area contributed by atoms with Gasteiger partial charge in [-0.25, -0.2) is 4.39 Å². The highest BCUT2D eigenvalue weighted by molar-refractivity contribution is 9.10. The van der Waals surface area contributed by atoms with Gasteiger partial charge in [-0.3, -0.25) is 0 Å². The predicted molar refractivity (Wildman–Crippen MR) is 77.8 cm³/mol. The van der Waals surface area contributed by atoms with Gasteiger partial charge in [-0.15, -0.1) is 0 Å². The van der Waals surface area contributed by atoms with E-state index in [1.165, 1.54) is 6.07 Å². The first-order chi connectivity index (χ1) is 9.08. The number of benzene rings is 2. The highest BCUT2D eigenvalue weighted by Gasteiger charge is 2.05. The van der Waals surface area contributed by atoms with Gasteiger partial charge in [-0.1, -0.05) is 29.8 Å². The molecule has 100 valence electrons. The molecule has 0 radical (unpaired) electrons. The Morgan fingerprint density at radius 2 is 2.00 bits per heavy atom. The van der Waals surface area contributed by atoms with Gasteiger partial charge < -0.3 is 10.4 Å². The highest BCUT2D eigenvalue weighted by Crippen LogP contribution is 2.27. The Bertz CT molecular complexity index is 592. The minimum absolute atomic E-state index is 0.115. The van der Waals surface area contributed by atoms with Crippen LogP contribution in [0.25, 0.3) is 0 Å². The topological polar surface area (TPSA) is 32.3 Å². The molecule has 0 bridgehead atoms. The third-order valence-corrected chi connectivity index (χ3v) is 3.63. The van der Waals surface area contributed by atoms with Crippen molar-refractivity contribution in [3.05, 3.63) is 62.8 Å². The molecule has 2 aromatic rings. The molecule has 5 heteroatoms. The maximum atomic E-state index is 13.0. The fourth-order valence-corrected chi connectivity index (χ4v) is 2.30. The van der Waals surface area contributed by atoms with Crippen LogP contribution < -0.4 is 5.32 Å². The third kappa shape index (κ3) is 3.69. The maximum absolute atomic E-state index is 13.0. The molecule has 0 unspecified atom stereocenters. The largest absolute Gasteiger partial charge is 0.506 e. The molecule has 0 aliphatic carbocycles. The van der Waals surface area contributed by atoms with E-state index in [0.29, 0.717) is 17.6 Å². The first-order valence-electron chi connectivity index (χ1n) is 5.69. The monoisotopic (exact) mass is 343 g/mol. The summed E-state index contributed by atoms with van der Waals surface area (Å²) in [6, 6.07) is 10.1. The summed E-state index contributed by atoms with van der Waals surface area (Å²) in [6.45, 7) is 1.06. The Hall–Kier alpha value is -1.10. The fourth-order valence-electron chi connectivity index (χ4n) is 1.69. The second kappa shape index (κ2) is 6.37. The van der Waals surface area contributed by atoms with E-state index in [-0.39, 0.29) is 10.8 Å². The number of phenols is 1. The molecular formula is C14H12BrClFNO. The van der Waals surface area contributed by atoms with E-state index in [0.717, 1.165) is 11.1 Å². The van der Waals surface area contributed by atoms with Crippen LogP contribution in [0.1, 0.15) is 11.1 Å². The molecule has 0 spiro atoms. The lowest BCUT2D eigenvalue weighted by Crippen LogP contribution is -2.12. The number of nitrogens with one attached hydrogen (secondary N) is 1. The molecule has 0 aliphatic heterocycles. The van der Waals surface area contributed by atoms with E-state index in [9.17, 15) is 9.50 Å². The second-order valence-electron chi connectivity index (χ2n) is 4.10. The number of phenolic OH excluding ortho intramolecular Hbond substituents is 1. The summed E-state index contributed by atoms with van der Waals surface area (Å²) in [6.07, 6.45) is 0. The Kier molecular flexibility index (Phi) is 4.80. The lowest BCUT2D eigenvalue weighted by Gasteiger charge is -2.08. The average molecular weight is 345 g/mol. The first-order valence-corrected chi connectivity index (χ1v) is 6.86. The molecular weight excluding hydrogens is 333 g/mol. The van der Waals surface area contributed by atoms with E-state index in [2.05, 4.69) is 21.2 Å². The van der Waals surface area contributed by atoms with Crippen molar-refractivity contribution in [2.45, 2.75) is 13.1 Å². The van der Waals surface area contributed by atoms with Crippen LogP contribution in [0, 0.1) is 5.82 Å². The molecule has 0 atom stereocenters. The van der Waals surface area contributed by atoms with E-state index < -0.39 is 5.82 Å². The maximum Gasteiger partial charge on any atom is 0.141 e. The van der Waals surface area contributed by atoms with Crippen LogP contribution in [0.3, 0.4) is 0 Å². The van der Waals surface area contributed by atoms with Crippen molar-refractivity contribution < 1.29 is 9.50 Å². The molecule has 2 aromatic carbocycles. The minimum Gasteiger partial charge on any atom is -0.506 e. The van der Waals surface area contributed by atoms with E-state index >= 15 is 0 Å². The van der Waals surface area contributed by atoms with Crippen molar-refractivity contribution in [3.8, 4) is 5.75 Å². The number of hydrogen-bond donors (Lipinski definition) is 2. The molecule has 2 N–H and O–H groups in total. The summed E-state index contributed by atoms with van der Waals surface area (Å²) in [5.41, 5.74) is 1.68. The molecule has 0 amide bonds. The van der Waals surface area contributed by atoms with Crippen molar-refractivity contribution in [3.63, 3.8) is 0 Å². The highest BCUT2D eigenvalue weighted by atomic mass is 79.9. The normalized spacial score (nSPS) is 10.7. The van der Waals surface area contributed by atoms with Crippen molar-refractivity contribution in [2.24, 2.45) is 0 Å². The van der Waals surface area contributed by atoms with Crippen molar-refractivity contribution in [2.75, 3.05) is 0 Å². The molecule has 2 nitrogen and oxygen atoms in total. The Labute approximate surface area is 124 Å². The quantitative estimate of drug-likeness (QED) is 0.869. The summed E-state index contributed by atoms with van der Waals surface area (Å²) in [5.74, 6) is -0.192. The fraction of sp³-hybridized carbons (Fsp3) is 0.143. The Balaban J connectivity index is 1.96. The van der Waals surface area contributed by atoms with Gasteiger partial charge in [0.2, 0.25) is 0 Å². The summed E-state index contributed by atoms with van der Waals surface area (Å²) >= 11 is 8.97. The Morgan fingerprint density at radius 3 is 2.74 bits per heavy atom. The third-order valence-electron chi connectivity index (χ3n) is 2.70. The molecule has 0 aliphatic rings. The van der Waals surface area contributed by atoms with Gasteiger partial charge in [0.1, 0.15) is 11.6 Å². The van der Waals surface area contributed by atoms with Crippen LogP contribution in [-0.4, -0.2) is 5.11 Å². The standard InChI is InChI=1S/C14H12BrClFNO/c15-11-3-1-2-10(14(11)19)8-18-7-9-4-5-13(17)12(16)6-9/h1-6,18-19H,7-8H2. The van der Waals surface area contributed by atoms with E-state index in [1.54, 1.807) is 18.2 Å². The first kappa shape index (κ1) is 14.3. The lowest BCUT2D eigenvalue weighted by molar-refractivity contribution is 0.461. The Morgan fingerprint density at radius 1 is 1.21 bits per heavy atom. The minimum atomic E-state index is -0.421. The zero-order valence-corrected chi connectivity index (χ0v) is 12.3. The predicted octanol–water partition coefficient (Wildman–Crippen LogP) is 4.24.